The Morgan fingerprint density at radius 1 is 1.22 bits per heavy atom. The normalized spacial score (nSPS) is 20.3. The summed E-state index contributed by atoms with van der Waals surface area (Å²) in [6, 6.07) is -0.00116. The van der Waals surface area contributed by atoms with Crippen molar-refractivity contribution in [1.29, 1.82) is 0 Å². The second-order valence-electron chi connectivity index (χ2n) is 2.41. The number of hydrogen-bond donors (Lipinski definition) is 2. The van der Waals surface area contributed by atoms with E-state index in [1.165, 1.54) is 6.42 Å². The lowest BCUT2D eigenvalue weighted by molar-refractivity contribution is 0.0351. The lowest BCUT2D eigenvalue weighted by atomic mass is 10.1. The van der Waals surface area contributed by atoms with Gasteiger partial charge in [0.1, 0.15) is 0 Å². The lowest BCUT2D eigenvalue weighted by Crippen LogP contribution is -2.48. The molecule has 0 unspecified atom stereocenters. The molecule has 0 aromatic heterocycles. The highest BCUT2D eigenvalue weighted by Gasteiger charge is 2.21. The van der Waals surface area contributed by atoms with Crippen molar-refractivity contribution in [3.63, 3.8) is 0 Å². The minimum absolute atomic E-state index is 0.00116. The predicted molar refractivity (Wildman–Crippen MR) is 34.1 cm³/mol. The van der Waals surface area contributed by atoms with E-state index in [2.05, 4.69) is 4.90 Å². The Kier molecular flexibility index (Phi) is 2.45. The third-order valence-corrected chi connectivity index (χ3v) is 1.83. The molecule has 1 saturated heterocycles. The number of rotatable bonds is 3. The third kappa shape index (κ3) is 1.41. The van der Waals surface area contributed by atoms with Crippen molar-refractivity contribution in [3.05, 3.63) is 0 Å². The Bertz CT molecular complexity index is 79.1. The SMILES string of the molecule is OCC(CO)N1CCC1. The van der Waals surface area contributed by atoms with Crippen LogP contribution in [0.2, 0.25) is 0 Å². The van der Waals surface area contributed by atoms with E-state index in [0.29, 0.717) is 0 Å². The molecule has 0 aromatic carbocycles. The molecule has 1 fully saturated rings. The molecule has 0 amide bonds. The van der Waals surface area contributed by atoms with Crippen molar-refractivity contribution >= 4 is 0 Å². The van der Waals surface area contributed by atoms with Crippen LogP contribution < -0.4 is 0 Å². The van der Waals surface area contributed by atoms with Crippen LogP contribution >= 0.6 is 0 Å². The molecule has 0 radical (unpaired) electrons. The van der Waals surface area contributed by atoms with Crippen LogP contribution in [0.5, 0.6) is 0 Å². The number of hydrogen-bond acceptors (Lipinski definition) is 3. The van der Waals surface area contributed by atoms with Gasteiger partial charge >= 0.3 is 0 Å². The number of likely N-dealkylation sites (tertiary alicyclic amines) is 1. The molecule has 3 nitrogen and oxygen atoms in total. The topological polar surface area (TPSA) is 43.7 Å². The highest BCUT2D eigenvalue weighted by molar-refractivity contribution is 4.76. The maximum absolute atomic E-state index is 8.66. The standard InChI is InChI=1S/C6H13NO2/c8-4-6(5-9)7-2-1-3-7/h6,8-9H,1-5H2. The van der Waals surface area contributed by atoms with Crippen molar-refractivity contribution in [2.75, 3.05) is 26.3 Å². The summed E-state index contributed by atoms with van der Waals surface area (Å²) in [7, 11) is 0. The molecule has 1 aliphatic heterocycles. The van der Waals surface area contributed by atoms with E-state index in [9.17, 15) is 0 Å². The fourth-order valence-corrected chi connectivity index (χ4v) is 0.995. The monoisotopic (exact) mass is 131 g/mol. The van der Waals surface area contributed by atoms with E-state index < -0.39 is 0 Å². The van der Waals surface area contributed by atoms with Crippen LogP contribution in [0.1, 0.15) is 6.42 Å². The Morgan fingerprint density at radius 3 is 1.89 bits per heavy atom. The zero-order valence-corrected chi connectivity index (χ0v) is 5.45. The van der Waals surface area contributed by atoms with Crippen molar-refractivity contribution in [3.8, 4) is 0 Å². The predicted octanol–water partition coefficient (Wildman–Crippen LogP) is -0.955. The second kappa shape index (κ2) is 3.15. The third-order valence-electron chi connectivity index (χ3n) is 1.83. The molecule has 0 atom stereocenters. The van der Waals surface area contributed by atoms with Gasteiger partial charge in [0, 0.05) is 0 Å². The van der Waals surface area contributed by atoms with Gasteiger partial charge in [0.15, 0.2) is 0 Å². The zero-order chi connectivity index (χ0) is 6.69. The van der Waals surface area contributed by atoms with E-state index in [-0.39, 0.29) is 19.3 Å². The Labute approximate surface area is 54.9 Å². The minimum atomic E-state index is -0.00116. The van der Waals surface area contributed by atoms with Crippen molar-refractivity contribution in [1.82, 2.24) is 4.90 Å². The van der Waals surface area contributed by atoms with Gasteiger partial charge < -0.3 is 10.2 Å². The Morgan fingerprint density at radius 2 is 1.78 bits per heavy atom. The van der Waals surface area contributed by atoms with E-state index >= 15 is 0 Å². The van der Waals surface area contributed by atoms with Crippen molar-refractivity contribution in [2.45, 2.75) is 12.5 Å². The fraction of sp³-hybridized carbons (Fsp3) is 1.00. The smallest absolute Gasteiger partial charge is 0.0609 e. The van der Waals surface area contributed by atoms with Gasteiger partial charge in [-0.25, -0.2) is 0 Å². The molecule has 0 saturated carbocycles. The van der Waals surface area contributed by atoms with Gasteiger partial charge in [0.05, 0.1) is 19.3 Å². The number of aliphatic hydroxyl groups is 2. The molecule has 2 N–H and O–H groups in total. The van der Waals surface area contributed by atoms with Gasteiger partial charge in [0.25, 0.3) is 0 Å². The Hall–Kier alpha value is -0.120. The summed E-state index contributed by atoms with van der Waals surface area (Å²) in [4.78, 5) is 2.08. The van der Waals surface area contributed by atoms with Gasteiger partial charge in [-0.15, -0.1) is 0 Å². The summed E-state index contributed by atoms with van der Waals surface area (Å²) in [5, 5.41) is 17.3. The van der Waals surface area contributed by atoms with Crippen molar-refractivity contribution in [2.24, 2.45) is 0 Å². The van der Waals surface area contributed by atoms with Crippen LogP contribution in [0.3, 0.4) is 0 Å². The van der Waals surface area contributed by atoms with Gasteiger partial charge in [-0.1, -0.05) is 0 Å². The summed E-state index contributed by atoms with van der Waals surface area (Å²) < 4.78 is 0. The first kappa shape index (κ1) is 6.99. The van der Waals surface area contributed by atoms with Crippen LogP contribution in [0.15, 0.2) is 0 Å². The van der Waals surface area contributed by atoms with E-state index in [1.54, 1.807) is 0 Å². The fourth-order valence-electron chi connectivity index (χ4n) is 0.995. The van der Waals surface area contributed by atoms with Crippen molar-refractivity contribution < 1.29 is 10.2 Å². The van der Waals surface area contributed by atoms with Gasteiger partial charge in [0.2, 0.25) is 0 Å². The molecule has 0 aromatic rings. The zero-order valence-electron chi connectivity index (χ0n) is 5.45. The molecular formula is C6H13NO2. The molecule has 3 heteroatoms. The van der Waals surface area contributed by atoms with Gasteiger partial charge in [-0.3, -0.25) is 4.90 Å². The average molecular weight is 131 g/mol. The van der Waals surface area contributed by atoms with E-state index in [1.807, 2.05) is 0 Å². The van der Waals surface area contributed by atoms with E-state index in [4.69, 9.17) is 10.2 Å². The average Bonchev–Trinajstić information content (AvgIpc) is 1.78. The maximum atomic E-state index is 8.66. The summed E-state index contributed by atoms with van der Waals surface area (Å²) in [5.41, 5.74) is 0. The minimum Gasteiger partial charge on any atom is -0.395 e. The molecule has 9 heavy (non-hydrogen) atoms. The highest BCUT2D eigenvalue weighted by atomic mass is 16.3. The lowest BCUT2D eigenvalue weighted by Gasteiger charge is -2.36. The van der Waals surface area contributed by atoms with Crippen LogP contribution in [-0.4, -0.2) is 47.5 Å². The molecule has 54 valence electrons. The van der Waals surface area contributed by atoms with Gasteiger partial charge in [-0.2, -0.15) is 0 Å². The number of aliphatic hydroxyl groups excluding tert-OH is 2. The molecular weight excluding hydrogens is 118 g/mol. The van der Waals surface area contributed by atoms with E-state index in [0.717, 1.165) is 13.1 Å². The summed E-state index contributed by atoms with van der Waals surface area (Å²) in [6.45, 7) is 2.23. The quantitative estimate of drug-likeness (QED) is 0.519. The highest BCUT2D eigenvalue weighted by Crippen LogP contribution is 2.09. The van der Waals surface area contributed by atoms with Crippen LogP contribution in [0, 0.1) is 0 Å². The Balaban J connectivity index is 2.19. The first-order chi connectivity index (χ1) is 4.38. The molecule has 1 heterocycles. The maximum Gasteiger partial charge on any atom is 0.0609 e. The molecule has 0 bridgehead atoms. The number of nitrogens with zero attached hydrogens (tertiary/aromatic N) is 1. The second-order valence-corrected chi connectivity index (χ2v) is 2.41. The molecule has 1 rings (SSSR count). The summed E-state index contributed by atoms with van der Waals surface area (Å²) in [5.74, 6) is 0. The van der Waals surface area contributed by atoms with Gasteiger partial charge in [-0.05, 0) is 19.5 Å². The summed E-state index contributed by atoms with van der Waals surface area (Å²) >= 11 is 0. The first-order valence-electron chi connectivity index (χ1n) is 3.34. The first-order valence-corrected chi connectivity index (χ1v) is 3.34. The molecule has 1 aliphatic rings. The summed E-state index contributed by atoms with van der Waals surface area (Å²) in [6.07, 6.45) is 1.20. The van der Waals surface area contributed by atoms with Crippen LogP contribution in [0.4, 0.5) is 0 Å². The largest absolute Gasteiger partial charge is 0.395 e. The van der Waals surface area contributed by atoms with Crippen LogP contribution in [-0.2, 0) is 0 Å². The van der Waals surface area contributed by atoms with Crippen LogP contribution in [0.25, 0.3) is 0 Å². The molecule has 0 aliphatic carbocycles. The molecule has 0 spiro atoms.